The summed E-state index contributed by atoms with van der Waals surface area (Å²) in [6, 6.07) is 7.51. The Labute approximate surface area is 197 Å². The molecule has 4 rings (SSSR count). The van der Waals surface area contributed by atoms with E-state index in [1.807, 2.05) is 29.2 Å². The minimum absolute atomic E-state index is 0.115. The fourth-order valence-corrected chi connectivity index (χ4v) is 5.44. The molecule has 2 heterocycles. The van der Waals surface area contributed by atoms with Gasteiger partial charge in [0.05, 0.1) is 24.1 Å². The maximum atomic E-state index is 13.6. The van der Waals surface area contributed by atoms with Gasteiger partial charge in [-0.1, -0.05) is 39.3 Å². The lowest BCUT2D eigenvalue weighted by Crippen LogP contribution is -2.39. The van der Waals surface area contributed by atoms with Crippen molar-refractivity contribution in [2.45, 2.75) is 71.4 Å². The number of nitrogens with zero attached hydrogens (tertiary/aromatic N) is 2. The molecule has 0 radical (unpaired) electrons. The third-order valence-electron chi connectivity index (χ3n) is 7.30. The molecular formula is C27H38N2O4. The number of carbonyl (C=O) groups is 2. The number of hydrogen-bond acceptors (Lipinski definition) is 5. The first-order chi connectivity index (χ1) is 16.1. The van der Waals surface area contributed by atoms with Crippen LogP contribution in [-0.4, -0.2) is 60.4 Å². The zero-order valence-electron chi connectivity index (χ0n) is 20.3. The maximum absolute atomic E-state index is 13.6. The minimum Gasteiger partial charge on any atom is -0.494 e. The Hall–Kier alpha value is -2.34. The second-order valence-corrected chi connectivity index (χ2v) is 9.35. The van der Waals surface area contributed by atoms with Crippen LogP contribution in [-0.2, 0) is 14.3 Å². The molecule has 180 valence electrons. The Bertz CT molecular complexity index is 875. The number of carbonyl (C=O) groups excluding carboxylic acids is 2. The van der Waals surface area contributed by atoms with Crippen LogP contribution in [0.15, 0.2) is 35.6 Å². The quantitative estimate of drug-likeness (QED) is 0.521. The number of rotatable bonds is 10. The first kappa shape index (κ1) is 23.8. The highest BCUT2D eigenvalue weighted by Gasteiger charge is 2.51. The van der Waals surface area contributed by atoms with Gasteiger partial charge in [-0.15, -0.1) is 0 Å². The van der Waals surface area contributed by atoms with Crippen LogP contribution in [0.3, 0.4) is 0 Å². The molecule has 0 saturated heterocycles. The van der Waals surface area contributed by atoms with Crippen LogP contribution in [0, 0.1) is 5.92 Å². The van der Waals surface area contributed by atoms with Gasteiger partial charge in [0.15, 0.2) is 11.5 Å². The molecule has 1 aromatic rings. The summed E-state index contributed by atoms with van der Waals surface area (Å²) in [5.41, 5.74) is 1.53. The van der Waals surface area contributed by atoms with Crippen LogP contribution < -0.4 is 4.74 Å². The molecule has 0 N–H and O–H groups in total. The lowest BCUT2D eigenvalue weighted by Gasteiger charge is -2.35. The average Bonchev–Trinajstić information content (AvgIpc) is 3.12. The lowest BCUT2D eigenvalue weighted by atomic mass is 9.77. The number of hydrogen-bond donors (Lipinski definition) is 0. The molecule has 3 atom stereocenters. The van der Waals surface area contributed by atoms with Gasteiger partial charge in [-0.2, -0.15) is 0 Å². The van der Waals surface area contributed by atoms with Crippen molar-refractivity contribution in [1.29, 1.82) is 0 Å². The molecule has 2 aliphatic heterocycles. The van der Waals surface area contributed by atoms with Crippen molar-refractivity contribution in [2.24, 2.45) is 5.92 Å². The summed E-state index contributed by atoms with van der Waals surface area (Å²) in [7, 11) is 0. The van der Waals surface area contributed by atoms with E-state index in [-0.39, 0.29) is 29.8 Å². The van der Waals surface area contributed by atoms with E-state index in [1.165, 1.54) is 0 Å². The normalized spacial score (nSPS) is 24.7. The number of Topliss-reactive ketones (excluding diaryl/α,β-unsaturated/α-hetero) is 1. The molecule has 1 fully saturated rings. The second-order valence-electron chi connectivity index (χ2n) is 9.35. The summed E-state index contributed by atoms with van der Waals surface area (Å²) in [5.74, 6) is 0.999. The zero-order chi connectivity index (χ0) is 23.4. The zero-order valence-corrected chi connectivity index (χ0v) is 20.3. The summed E-state index contributed by atoms with van der Waals surface area (Å²) in [5, 5.41) is 0. The van der Waals surface area contributed by atoms with Crippen molar-refractivity contribution in [1.82, 2.24) is 9.80 Å². The predicted molar refractivity (Wildman–Crippen MR) is 128 cm³/mol. The molecule has 6 nitrogen and oxygen atoms in total. The molecule has 1 amide bonds. The van der Waals surface area contributed by atoms with E-state index in [4.69, 9.17) is 9.47 Å². The van der Waals surface area contributed by atoms with Gasteiger partial charge >= 0.3 is 0 Å². The van der Waals surface area contributed by atoms with E-state index < -0.39 is 0 Å². The van der Waals surface area contributed by atoms with Crippen LogP contribution in [0.5, 0.6) is 5.75 Å². The van der Waals surface area contributed by atoms with Crippen molar-refractivity contribution < 1.29 is 19.1 Å². The maximum Gasteiger partial charge on any atom is 0.290 e. The fourth-order valence-electron chi connectivity index (χ4n) is 5.44. The largest absolute Gasteiger partial charge is 0.494 e. The van der Waals surface area contributed by atoms with Crippen molar-refractivity contribution in [2.75, 3.05) is 32.8 Å². The minimum atomic E-state index is -0.375. The smallest absolute Gasteiger partial charge is 0.290 e. The molecule has 3 aliphatic rings. The molecule has 3 unspecified atom stereocenters. The lowest BCUT2D eigenvalue weighted by molar-refractivity contribution is -0.135. The summed E-state index contributed by atoms with van der Waals surface area (Å²) in [4.78, 5) is 31.4. The van der Waals surface area contributed by atoms with Gasteiger partial charge < -0.3 is 19.3 Å². The van der Waals surface area contributed by atoms with E-state index in [2.05, 4.69) is 25.7 Å². The molecule has 1 aromatic carbocycles. The third kappa shape index (κ3) is 4.81. The third-order valence-corrected chi connectivity index (χ3v) is 7.30. The number of fused-ring (bicyclic) bond motifs is 1. The van der Waals surface area contributed by atoms with Crippen LogP contribution in [0.4, 0.5) is 0 Å². The molecule has 6 heteroatoms. The Kier molecular flexibility index (Phi) is 7.74. The highest BCUT2D eigenvalue weighted by atomic mass is 16.5. The van der Waals surface area contributed by atoms with Gasteiger partial charge in [-0.05, 0) is 69.4 Å². The van der Waals surface area contributed by atoms with E-state index in [9.17, 15) is 9.59 Å². The standard InChI is InChI=1S/C27H38N2O4/c1-4-18-32-20-14-12-19(13-15-20)24-23-25(30)21-10-7-8-11-22(21)33-26(23)27(31)29(24)17-9-16-28(5-2)6-3/h12-15,21-22,24H,4-11,16-18H2,1-3H3. The van der Waals surface area contributed by atoms with E-state index >= 15 is 0 Å². The number of amides is 1. The topological polar surface area (TPSA) is 59.1 Å². The van der Waals surface area contributed by atoms with Crippen LogP contribution in [0.1, 0.15) is 70.9 Å². The highest BCUT2D eigenvalue weighted by molar-refractivity contribution is 6.11. The van der Waals surface area contributed by atoms with Crippen LogP contribution in [0.25, 0.3) is 0 Å². The number of ether oxygens (including phenoxy) is 2. The number of ketones is 1. The van der Waals surface area contributed by atoms with Crippen LogP contribution in [0.2, 0.25) is 0 Å². The first-order valence-corrected chi connectivity index (χ1v) is 12.8. The molecule has 33 heavy (non-hydrogen) atoms. The van der Waals surface area contributed by atoms with Crippen LogP contribution >= 0.6 is 0 Å². The molecule has 0 bridgehead atoms. The predicted octanol–water partition coefficient (Wildman–Crippen LogP) is 4.50. The molecule has 0 spiro atoms. The van der Waals surface area contributed by atoms with Gasteiger partial charge in [-0.3, -0.25) is 9.59 Å². The summed E-state index contributed by atoms with van der Waals surface area (Å²) in [6.45, 7) is 10.6. The molecular weight excluding hydrogens is 416 g/mol. The summed E-state index contributed by atoms with van der Waals surface area (Å²) >= 11 is 0. The number of benzene rings is 1. The Morgan fingerprint density at radius 2 is 1.79 bits per heavy atom. The highest BCUT2D eigenvalue weighted by Crippen LogP contribution is 2.46. The van der Waals surface area contributed by atoms with Gasteiger partial charge in [0.2, 0.25) is 0 Å². The van der Waals surface area contributed by atoms with E-state index in [0.717, 1.165) is 69.5 Å². The second kappa shape index (κ2) is 10.7. The Balaban J connectivity index is 1.62. The average molecular weight is 455 g/mol. The fraction of sp³-hybridized carbons (Fsp3) is 0.630. The first-order valence-electron chi connectivity index (χ1n) is 12.8. The van der Waals surface area contributed by atoms with Gasteiger partial charge in [0.25, 0.3) is 5.91 Å². The van der Waals surface area contributed by atoms with Gasteiger partial charge in [0, 0.05) is 6.54 Å². The summed E-state index contributed by atoms with van der Waals surface area (Å²) < 4.78 is 12.0. The van der Waals surface area contributed by atoms with E-state index in [1.54, 1.807) is 0 Å². The van der Waals surface area contributed by atoms with Crippen molar-refractivity contribution in [3.8, 4) is 5.75 Å². The Morgan fingerprint density at radius 1 is 1.06 bits per heavy atom. The SMILES string of the molecule is CCCOc1ccc(C2C3=C(OC4CCCCC4C3=O)C(=O)N2CCCN(CC)CC)cc1. The summed E-state index contributed by atoms with van der Waals surface area (Å²) in [6.07, 6.45) is 5.49. The molecule has 1 aliphatic carbocycles. The van der Waals surface area contributed by atoms with Crippen molar-refractivity contribution >= 4 is 11.7 Å². The molecule has 1 saturated carbocycles. The Morgan fingerprint density at radius 3 is 2.48 bits per heavy atom. The van der Waals surface area contributed by atoms with E-state index in [0.29, 0.717) is 24.5 Å². The van der Waals surface area contributed by atoms with Crippen molar-refractivity contribution in [3.63, 3.8) is 0 Å². The molecule has 0 aromatic heterocycles. The van der Waals surface area contributed by atoms with Crippen molar-refractivity contribution in [3.05, 3.63) is 41.2 Å². The monoisotopic (exact) mass is 454 g/mol. The van der Waals surface area contributed by atoms with Gasteiger partial charge in [0.1, 0.15) is 11.9 Å². The van der Waals surface area contributed by atoms with Gasteiger partial charge in [-0.25, -0.2) is 0 Å².